The van der Waals surface area contributed by atoms with E-state index in [1.807, 2.05) is 18.5 Å². The lowest BCUT2D eigenvalue weighted by molar-refractivity contribution is -0.119. The maximum atomic E-state index is 12.1. The van der Waals surface area contributed by atoms with Crippen molar-refractivity contribution in [2.75, 3.05) is 11.6 Å². The van der Waals surface area contributed by atoms with Crippen LogP contribution in [0.25, 0.3) is 11.0 Å². The van der Waals surface area contributed by atoms with E-state index in [-0.39, 0.29) is 11.4 Å². The summed E-state index contributed by atoms with van der Waals surface area (Å²) in [5, 5.41) is 4.80. The van der Waals surface area contributed by atoms with Crippen LogP contribution in [0.3, 0.4) is 0 Å². The SMILES string of the molecule is CSc1ncc2cc3n(c2n1)C1(CCCCC1)CC(=O)N3. The zero-order chi connectivity index (χ0) is 14.4. The van der Waals surface area contributed by atoms with Crippen LogP contribution in [0.1, 0.15) is 38.5 Å². The van der Waals surface area contributed by atoms with Crippen molar-refractivity contribution in [3.63, 3.8) is 0 Å². The molecule has 1 aliphatic carbocycles. The highest BCUT2D eigenvalue weighted by molar-refractivity contribution is 7.98. The van der Waals surface area contributed by atoms with Crippen LogP contribution in [0, 0.1) is 0 Å². The van der Waals surface area contributed by atoms with Crippen LogP contribution < -0.4 is 5.32 Å². The number of carbonyl (C=O) groups excluding carboxylic acids is 1. The van der Waals surface area contributed by atoms with Crippen LogP contribution in [0.15, 0.2) is 17.4 Å². The summed E-state index contributed by atoms with van der Waals surface area (Å²) in [7, 11) is 0. The van der Waals surface area contributed by atoms with Crippen molar-refractivity contribution in [2.45, 2.75) is 49.2 Å². The predicted octanol–water partition coefficient (Wildman–Crippen LogP) is 3.15. The molecule has 0 aromatic carbocycles. The number of nitrogens with one attached hydrogen (secondary N) is 1. The molecule has 0 unspecified atom stereocenters. The Labute approximate surface area is 127 Å². The van der Waals surface area contributed by atoms with Crippen molar-refractivity contribution in [2.24, 2.45) is 0 Å². The minimum Gasteiger partial charge on any atom is -0.312 e. The van der Waals surface area contributed by atoms with Gasteiger partial charge in [-0.05, 0) is 25.2 Å². The van der Waals surface area contributed by atoms with Crippen molar-refractivity contribution in [3.05, 3.63) is 12.3 Å². The zero-order valence-electron chi connectivity index (χ0n) is 12.1. The second-order valence-corrected chi connectivity index (χ2v) is 6.78. The topological polar surface area (TPSA) is 59.8 Å². The molecule has 1 aliphatic heterocycles. The van der Waals surface area contributed by atoms with E-state index in [0.29, 0.717) is 6.42 Å². The lowest BCUT2D eigenvalue weighted by Gasteiger charge is -2.42. The van der Waals surface area contributed by atoms with Gasteiger partial charge in [-0.2, -0.15) is 0 Å². The van der Waals surface area contributed by atoms with Crippen LogP contribution in [-0.4, -0.2) is 26.7 Å². The monoisotopic (exact) mass is 302 g/mol. The Kier molecular flexibility index (Phi) is 2.96. The van der Waals surface area contributed by atoms with Gasteiger partial charge in [-0.15, -0.1) is 0 Å². The molecule has 21 heavy (non-hydrogen) atoms. The van der Waals surface area contributed by atoms with E-state index < -0.39 is 0 Å². The van der Waals surface area contributed by atoms with Gasteiger partial charge < -0.3 is 9.88 Å². The number of aromatic nitrogens is 3. The van der Waals surface area contributed by atoms with E-state index in [9.17, 15) is 4.79 Å². The van der Waals surface area contributed by atoms with Crippen molar-refractivity contribution in [3.8, 4) is 0 Å². The van der Waals surface area contributed by atoms with Crippen LogP contribution in [-0.2, 0) is 10.3 Å². The van der Waals surface area contributed by atoms with Crippen LogP contribution in [0.2, 0.25) is 0 Å². The predicted molar refractivity (Wildman–Crippen MR) is 83.6 cm³/mol. The number of amides is 1. The van der Waals surface area contributed by atoms with Crippen molar-refractivity contribution in [1.29, 1.82) is 0 Å². The highest BCUT2D eigenvalue weighted by Crippen LogP contribution is 2.45. The smallest absolute Gasteiger partial charge is 0.227 e. The largest absolute Gasteiger partial charge is 0.312 e. The third-order valence-electron chi connectivity index (χ3n) is 4.72. The Hall–Kier alpha value is -1.56. The summed E-state index contributed by atoms with van der Waals surface area (Å²) in [5.74, 6) is 1.01. The van der Waals surface area contributed by atoms with Crippen molar-refractivity contribution in [1.82, 2.24) is 14.5 Å². The van der Waals surface area contributed by atoms with E-state index in [1.165, 1.54) is 19.3 Å². The number of carbonyl (C=O) groups is 1. The maximum Gasteiger partial charge on any atom is 0.227 e. The summed E-state index contributed by atoms with van der Waals surface area (Å²) in [6, 6.07) is 2.01. The van der Waals surface area contributed by atoms with Crippen molar-refractivity contribution >= 4 is 34.5 Å². The molecule has 5 nitrogen and oxygen atoms in total. The number of fused-ring (bicyclic) bond motifs is 4. The van der Waals surface area contributed by atoms with Gasteiger partial charge in [0, 0.05) is 11.6 Å². The molecule has 4 rings (SSSR count). The summed E-state index contributed by atoms with van der Waals surface area (Å²) in [4.78, 5) is 21.2. The lowest BCUT2D eigenvalue weighted by atomic mass is 9.78. The molecular weight excluding hydrogens is 284 g/mol. The highest BCUT2D eigenvalue weighted by atomic mass is 32.2. The average Bonchev–Trinajstić information content (AvgIpc) is 2.85. The molecule has 0 radical (unpaired) electrons. The molecule has 3 heterocycles. The Bertz CT molecular complexity index is 718. The molecule has 1 spiro atoms. The van der Waals surface area contributed by atoms with Gasteiger partial charge in [0.2, 0.25) is 5.91 Å². The van der Waals surface area contributed by atoms with Gasteiger partial charge in [-0.1, -0.05) is 31.0 Å². The number of hydrogen-bond donors (Lipinski definition) is 1. The van der Waals surface area contributed by atoms with E-state index in [4.69, 9.17) is 4.98 Å². The van der Waals surface area contributed by atoms with Gasteiger partial charge in [0.05, 0.1) is 12.0 Å². The number of nitrogens with zero attached hydrogens (tertiary/aromatic N) is 3. The molecule has 0 atom stereocenters. The second kappa shape index (κ2) is 4.73. The minimum absolute atomic E-state index is 0.0816. The molecule has 1 N–H and O–H groups in total. The molecule has 1 fully saturated rings. The third kappa shape index (κ3) is 1.96. The Morgan fingerprint density at radius 2 is 2.14 bits per heavy atom. The fourth-order valence-electron chi connectivity index (χ4n) is 3.82. The second-order valence-electron chi connectivity index (χ2n) is 6.01. The normalized spacial score (nSPS) is 20.5. The van der Waals surface area contributed by atoms with E-state index in [1.54, 1.807) is 11.8 Å². The molecule has 2 aromatic heterocycles. The van der Waals surface area contributed by atoms with Gasteiger partial charge in [0.25, 0.3) is 0 Å². The summed E-state index contributed by atoms with van der Waals surface area (Å²) in [6.45, 7) is 0. The molecular formula is C15H18N4OS. The van der Waals surface area contributed by atoms with Crippen LogP contribution in [0.5, 0.6) is 0 Å². The highest BCUT2D eigenvalue weighted by Gasteiger charge is 2.42. The number of hydrogen-bond acceptors (Lipinski definition) is 4. The first-order valence-electron chi connectivity index (χ1n) is 7.45. The summed E-state index contributed by atoms with van der Waals surface area (Å²) in [6.07, 6.45) is 10.2. The molecule has 1 amide bonds. The summed E-state index contributed by atoms with van der Waals surface area (Å²) >= 11 is 1.55. The number of thioether (sulfide) groups is 1. The fourth-order valence-corrected chi connectivity index (χ4v) is 4.15. The standard InChI is InChI=1S/C15H18N4OS/c1-21-14-16-9-10-7-11-17-12(20)8-15(5-3-2-4-6-15)19(11)13(10)18-14/h7,9H,2-6,8H2,1H3,(H,17,20). The van der Waals surface area contributed by atoms with Gasteiger partial charge >= 0.3 is 0 Å². The van der Waals surface area contributed by atoms with Crippen LogP contribution in [0.4, 0.5) is 5.82 Å². The molecule has 110 valence electrons. The van der Waals surface area contributed by atoms with Gasteiger partial charge in [-0.25, -0.2) is 9.97 Å². The molecule has 2 aromatic rings. The summed E-state index contributed by atoms with van der Waals surface area (Å²) in [5.41, 5.74) is 0.882. The molecule has 6 heteroatoms. The maximum absolute atomic E-state index is 12.1. The number of rotatable bonds is 1. The third-order valence-corrected chi connectivity index (χ3v) is 5.28. The van der Waals surface area contributed by atoms with Gasteiger partial charge in [-0.3, -0.25) is 4.79 Å². The van der Waals surface area contributed by atoms with E-state index in [0.717, 1.165) is 34.8 Å². The Balaban J connectivity index is 1.97. The number of anilines is 1. The van der Waals surface area contributed by atoms with Gasteiger partial charge in [0.15, 0.2) is 5.16 Å². The first kappa shape index (κ1) is 13.1. The van der Waals surface area contributed by atoms with Crippen molar-refractivity contribution < 1.29 is 4.79 Å². The minimum atomic E-state index is -0.0816. The van der Waals surface area contributed by atoms with E-state index >= 15 is 0 Å². The summed E-state index contributed by atoms with van der Waals surface area (Å²) < 4.78 is 2.28. The first-order valence-corrected chi connectivity index (χ1v) is 8.67. The molecule has 2 aliphatic rings. The Morgan fingerprint density at radius 1 is 1.33 bits per heavy atom. The van der Waals surface area contributed by atoms with E-state index in [2.05, 4.69) is 14.9 Å². The zero-order valence-corrected chi connectivity index (χ0v) is 12.9. The molecule has 0 saturated heterocycles. The average molecular weight is 302 g/mol. The van der Waals surface area contributed by atoms with Crippen LogP contribution >= 0.6 is 11.8 Å². The Morgan fingerprint density at radius 3 is 2.90 bits per heavy atom. The van der Waals surface area contributed by atoms with Gasteiger partial charge in [0.1, 0.15) is 11.5 Å². The fraction of sp³-hybridized carbons (Fsp3) is 0.533. The lowest BCUT2D eigenvalue weighted by Crippen LogP contribution is -2.44. The molecule has 0 bridgehead atoms. The first-order chi connectivity index (χ1) is 10.2. The quantitative estimate of drug-likeness (QED) is 0.649. The molecule has 1 saturated carbocycles.